The zero-order chi connectivity index (χ0) is 12.4. The van der Waals surface area contributed by atoms with Crippen molar-refractivity contribution in [3.8, 4) is 0 Å². The van der Waals surface area contributed by atoms with E-state index in [0.29, 0.717) is 0 Å². The third-order valence-corrected chi connectivity index (χ3v) is 4.90. The number of thiophene rings is 2. The van der Waals surface area contributed by atoms with Crippen LogP contribution >= 0.6 is 22.7 Å². The van der Waals surface area contributed by atoms with E-state index in [4.69, 9.17) is 0 Å². The zero-order valence-electron chi connectivity index (χ0n) is 9.61. The lowest BCUT2D eigenvalue weighted by atomic mass is 9.90. The molecule has 90 valence electrons. The zero-order valence-corrected chi connectivity index (χ0v) is 11.2. The maximum absolute atomic E-state index is 11.2. The van der Waals surface area contributed by atoms with Crippen molar-refractivity contribution >= 4 is 22.7 Å². The molecule has 1 nitrogen and oxygen atoms in total. The second-order valence-corrected chi connectivity index (χ2v) is 5.93. The molecule has 0 aliphatic carbocycles. The lowest BCUT2D eigenvalue weighted by Gasteiger charge is -2.26. The van der Waals surface area contributed by atoms with Gasteiger partial charge in [0.25, 0.3) is 0 Å². The van der Waals surface area contributed by atoms with Crippen molar-refractivity contribution < 1.29 is 5.11 Å². The highest BCUT2D eigenvalue weighted by Gasteiger charge is 2.35. The van der Waals surface area contributed by atoms with E-state index in [1.807, 2.05) is 65.4 Å². The van der Waals surface area contributed by atoms with Crippen molar-refractivity contribution in [1.29, 1.82) is 0 Å². The Bertz CT molecular complexity index is 563. The van der Waals surface area contributed by atoms with Gasteiger partial charge < -0.3 is 5.11 Å². The molecular formula is C15H12OS2. The van der Waals surface area contributed by atoms with Crippen molar-refractivity contribution in [3.63, 3.8) is 0 Å². The molecule has 2 heterocycles. The Labute approximate surface area is 114 Å². The molecule has 0 amide bonds. The Morgan fingerprint density at radius 1 is 0.722 bits per heavy atom. The summed E-state index contributed by atoms with van der Waals surface area (Å²) in [4.78, 5) is 1.91. The molecule has 3 rings (SSSR count). The van der Waals surface area contributed by atoms with Crippen LogP contribution in [0.4, 0.5) is 0 Å². The van der Waals surface area contributed by atoms with Crippen LogP contribution in [0.1, 0.15) is 15.3 Å². The van der Waals surface area contributed by atoms with E-state index in [1.165, 1.54) is 0 Å². The van der Waals surface area contributed by atoms with Crippen LogP contribution in [0.3, 0.4) is 0 Å². The lowest BCUT2D eigenvalue weighted by Crippen LogP contribution is -2.26. The van der Waals surface area contributed by atoms with Gasteiger partial charge in [0, 0.05) is 9.75 Å². The molecule has 0 atom stereocenters. The van der Waals surface area contributed by atoms with Gasteiger partial charge in [-0.05, 0) is 28.5 Å². The average molecular weight is 272 g/mol. The second kappa shape index (κ2) is 4.69. The van der Waals surface area contributed by atoms with Crippen LogP contribution in [0, 0.1) is 0 Å². The number of rotatable bonds is 3. The third-order valence-electron chi connectivity index (χ3n) is 2.95. The van der Waals surface area contributed by atoms with Gasteiger partial charge in [0.2, 0.25) is 0 Å². The van der Waals surface area contributed by atoms with Crippen LogP contribution in [-0.4, -0.2) is 5.11 Å². The lowest BCUT2D eigenvalue weighted by molar-refractivity contribution is 0.133. The van der Waals surface area contributed by atoms with Crippen molar-refractivity contribution in [1.82, 2.24) is 0 Å². The van der Waals surface area contributed by atoms with Gasteiger partial charge in [-0.1, -0.05) is 42.5 Å². The largest absolute Gasteiger partial charge is 0.374 e. The molecule has 1 N–H and O–H groups in total. The Kier molecular flexibility index (Phi) is 3.04. The molecule has 0 saturated carbocycles. The number of hydrogen-bond donors (Lipinski definition) is 1. The monoisotopic (exact) mass is 272 g/mol. The molecule has 3 heteroatoms. The standard InChI is InChI=1S/C15H12OS2/c16-15(13-8-4-10-17-13,14-9-5-11-18-14)12-6-2-1-3-7-12/h1-11,16H. The molecule has 0 fully saturated rings. The summed E-state index contributed by atoms with van der Waals surface area (Å²) in [6, 6.07) is 17.7. The predicted molar refractivity (Wildman–Crippen MR) is 77.2 cm³/mol. The minimum atomic E-state index is -1.02. The first-order chi connectivity index (χ1) is 8.82. The van der Waals surface area contributed by atoms with Gasteiger partial charge >= 0.3 is 0 Å². The van der Waals surface area contributed by atoms with Gasteiger partial charge in [0.05, 0.1) is 0 Å². The average Bonchev–Trinajstić information content (AvgIpc) is 3.12. The summed E-state index contributed by atoms with van der Waals surface area (Å²) in [7, 11) is 0. The fraction of sp³-hybridized carbons (Fsp3) is 0.0667. The Morgan fingerprint density at radius 2 is 1.28 bits per heavy atom. The van der Waals surface area contributed by atoms with E-state index in [0.717, 1.165) is 15.3 Å². The van der Waals surface area contributed by atoms with E-state index in [-0.39, 0.29) is 0 Å². The summed E-state index contributed by atoms with van der Waals surface area (Å²) in [5, 5.41) is 15.2. The molecule has 0 radical (unpaired) electrons. The van der Waals surface area contributed by atoms with Crippen LogP contribution in [-0.2, 0) is 5.60 Å². The highest BCUT2D eigenvalue weighted by Crippen LogP contribution is 2.40. The molecule has 18 heavy (non-hydrogen) atoms. The minimum absolute atomic E-state index is 0.912. The first kappa shape index (κ1) is 11.7. The number of hydrogen-bond acceptors (Lipinski definition) is 3. The van der Waals surface area contributed by atoms with Gasteiger partial charge in [-0.25, -0.2) is 0 Å². The van der Waals surface area contributed by atoms with Crippen molar-refractivity contribution in [3.05, 3.63) is 80.7 Å². The second-order valence-electron chi connectivity index (χ2n) is 4.03. The van der Waals surface area contributed by atoms with E-state index in [9.17, 15) is 5.11 Å². The molecule has 0 aliphatic heterocycles. The van der Waals surface area contributed by atoms with E-state index in [2.05, 4.69) is 0 Å². The van der Waals surface area contributed by atoms with Crippen LogP contribution in [0.5, 0.6) is 0 Å². The first-order valence-electron chi connectivity index (χ1n) is 5.67. The van der Waals surface area contributed by atoms with Gasteiger partial charge in [0.15, 0.2) is 5.60 Å². The maximum Gasteiger partial charge on any atom is 0.158 e. The Balaban J connectivity index is 2.22. The molecule has 2 aromatic heterocycles. The van der Waals surface area contributed by atoms with Crippen LogP contribution < -0.4 is 0 Å². The first-order valence-corrected chi connectivity index (χ1v) is 7.43. The summed E-state index contributed by atoms with van der Waals surface area (Å²) in [6.45, 7) is 0. The topological polar surface area (TPSA) is 20.2 Å². The van der Waals surface area contributed by atoms with Gasteiger partial charge in [-0.15, -0.1) is 22.7 Å². The van der Waals surface area contributed by atoms with E-state index in [1.54, 1.807) is 22.7 Å². The SMILES string of the molecule is OC(c1ccccc1)(c1cccs1)c1cccs1. The smallest absolute Gasteiger partial charge is 0.158 e. The summed E-state index contributed by atoms with van der Waals surface area (Å²) in [5.74, 6) is 0. The highest BCUT2D eigenvalue weighted by molar-refractivity contribution is 7.11. The number of benzene rings is 1. The fourth-order valence-corrected chi connectivity index (χ4v) is 3.84. The van der Waals surface area contributed by atoms with Gasteiger partial charge in [0.1, 0.15) is 0 Å². The Morgan fingerprint density at radius 3 is 1.72 bits per heavy atom. The molecule has 0 spiro atoms. The van der Waals surface area contributed by atoms with E-state index >= 15 is 0 Å². The fourth-order valence-electron chi connectivity index (χ4n) is 2.05. The van der Waals surface area contributed by atoms with Crippen LogP contribution in [0.2, 0.25) is 0 Å². The summed E-state index contributed by atoms with van der Waals surface area (Å²) in [6.07, 6.45) is 0. The van der Waals surface area contributed by atoms with Crippen molar-refractivity contribution in [2.24, 2.45) is 0 Å². The van der Waals surface area contributed by atoms with Crippen LogP contribution in [0.15, 0.2) is 65.4 Å². The number of aliphatic hydroxyl groups is 1. The normalized spacial score (nSPS) is 11.6. The van der Waals surface area contributed by atoms with Gasteiger partial charge in [-0.2, -0.15) is 0 Å². The molecular weight excluding hydrogens is 260 g/mol. The van der Waals surface area contributed by atoms with E-state index < -0.39 is 5.60 Å². The third kappa shape index (κ3) is 1.81. The predicted octanol–water partition coefficient (Wildman–Crippen LogP) is 4.09. The quantitative estimate of drug-likeness (QED) is 0.761. The highest BCUT2D eigenvalue weighted by atomic mass is 32.1. The Hall–Kier alpha value is -1.42. The molecule has 0 saturated heterocycles. The molecule has 0 aliphatic rings. The molecule has 1 aromatic carbocycles. The minimum Gasteiger partial charge on any atom is -0.374 e. The molecule has 0 bridgehead atoms. The summed E-state index contributed by atoms with van der Waals surface area (Å²) < 4.78 is 0. The van der Waals surface area contributed by atoms with Crippen molar-refractivity contribution in [2.45, 2.75) is 5.60 Å². The maximum atomic E-state index is 11.2. The van der Waals surface area contributed by atoms with Gasteiger partial charge in [-0.3, -0.25) is 0 Å². The molecule has 0 unspecified atom stereocenters. The summed E-state index contributed by atoms with van der Waals surface area (Å²) in [5.41, 5.74) is -0.112. The van der Waals surface area contributed by atoms with Crippen LogP contribution in [0.25, 0.3) is 0 Å². The van der Waals surface area contributed by atoms with Crippen molar-refractivity contribution in [2.75, 3.05) is 0 Å². The summed E-state index contributed by atoms with van der Waals surface area (Å²) >= 11 is 3.16. The molecule has 3 aromatic rings.